The molecule has 0 aliphatic carbocycles. The molecular formula is C59H104N20O16. The Hall–Kier alpha value is -8.80. The summed E-state index contributed by atoms with van der Waals surface area (Å²) in [4.78, 5) is 200. The molecular weight excluding hydrogens is 1240 g/mol. The SMILES string of the molecule is CC(C)[C@H](NC(=O)[C@H](CCCCN)NC(=O)[C@H](CCCNC(=N)N)NC(=O)CNC(=O)[C@H](CCCCN)NC(=O)[C@H](C)NC(=O)[C@H](CCC(N)=O)NC(=O)[C@@H]1CCCN1C(=O)[C@@H](NC(=O)[C@@H]1CCCN1)C(C)C)C(=O)N[C@@H](C)C(=O)N[C@@H](C)C(=O)N[C@@H](CCC(N)=O)C(=O)O. The summed E-state index contributed by atoms with van der Waals surface area (Å²) in [5.41, 5.74) is 27.4. The molecule has 2 aliphatic heterocycles. The first-order valence-electron chi connectivity index (χ1n) is 32.3. The highest BCUT2D eigenvalue weighted by atomic mass is 16.4. The smallest absolute Gasteiger partial charge is 0.326 e. The van der Waals surface area contributed by atoms with Crippen LogP contribution in [0.15, 0.2) is 0 Å². The van der Waals surface area contributed by atoms with Gasteiger partial charge < -0.3 is 108 Å². The first-order chi connectivity index (χ1) is 44.7. The Morgan fingerprint density at radius 2 is 0.947 bits per heavy atom. The number of amides is 14. The van der Waals surface area contributed by atoms with Gasteiger partial charge in [-0.2, -0.15) is 0 Å². The van der Waals surface area contributed by atoms with Crippen molar-refractivity contribution in [3.63, 3.8) is 0 Å². The molecule has 0 unspecified atom stereocenters. The van der Waals surface area contributed by atoms with Gasteiger partial charge in [-0.3, -0.25) is 72.5 Å². The largest absolute Gasteiger partial charge is 0.480 e. The Kier molecular flexibility index (Phi) is 36.8. The topological polar surface area (TPSA) is 590 Å². The van der Waals surface area contributed by atoms with Crippen LogP contribution in [0.1, 0.15) is 151 Å². The molecule has 0 aromatic rings. The molecule has 0 aromatic heterocycles. The van der Waals surface area contributed by atoms with E-state index < -0.39 is 168 Å². The number of guanidine groups is 1. The van der Waals surface area contributed by atoms with Gasteiger partial charge in [-0.1, -0.05) is 27.7 Å². The van der Waals surface area contributed by atoms with Gasteiger partial charge in [0.25, 0.3) is 0 Å². The van der Waals surface area contributed by atoms with Crippen LogP contribution in [0.4, 0.5) is 0 Å². The molecule has 2 saturated heterocycles. The molecule has 2 aliphatic rings. The van der Waals surface area contributed by atoms with Crippen molar-refractivity contribution in [3.8, 4) is 0 Å². The third-order valence-electron chi connectivity index (χ3n) is 15.8. The summed E-state index contributed by atoms with van der Waals surface area (Å²) < 4.78 is 0. The molecule has 536 valence electrons. The number of nitrogens with two attached hydrogens (primary N) is 5. The van der Waals surface area contributed by atoms with Crippen LogP contribution in [0.5, 0.6) is 0 Å². The van der Waals surface area contributed by atoms with Crippen molar-refractivity contribution >= 4 is 94.6 Å². The minimum Gasteiger partial charge on any atom is -0.480 e. The second-order valence-electron chi connectivity index (χ2n) is 24.5. The zero-order chi connectivity index (χ0) is 71.6. The number of carbonyl (C=O) groups is 15. The lowest BCUT2D eigenvalue weighted by Gasteiger charge is -2.32. The Balaban J connectivity index is 2.24. The quantitative estimate of drug-likeness (QED) is 0.0153. The molecule has 14 amide bonds. The van der Waals surface area contributed by atoms with Gasteiger partial charge >= 0.3 is 5.97 Å². The standard InChI is InChI=1S/C59H104N20O16/c1-30(2)45(56(92)71-32(5)47(83)69-33(6)49(85)76-40(58(94)95)21-23-43(63)81)77-54(90)38(16-9-11-25-61)74-53(89)37(18-13-27-67-59(64)65)72-44(82)29-68-50(86)36(15-8-10-24-60)73-48(84)34(7)70-52(88)39(20-22-42(62)80)75-55(91)41-19-14-28-79(41)57(93)46(31(3)4)78-51(87)35-17-12-26-66-35/h30-41,45-46,66H,8-29,60-61H2,1-7H3,(H2,62,80)(H2,63,81)(H,68,86)(H,69,83)(H,70,88)(H,71,92)(H,72,82)(H,73,84)(H,74,89)(H,75,91)(H,76,85)(H,77,90)(H,78,87)(H,94,95)(H4,64,65,67)/t32-,33-,34-,35-,36-,37-,38-,39-,40-,41-,45-,46-/m0/s1. The van der Waals surface area contributed by atoms with E-state index >= 15 is 0 Å². The highest BCUT2D eigenvalue weighted by Gasteiger charge is 2.41. The Labute approximate surface area is 552 Å². The van der Waals surface area contributed by atoms with Gasteiger partial charge in [0.2, 0.25) is 82.7 Å². The van der Waals surface area contributed by atoms with Crippen molar-refractivity contribution in [2.75, 3.05) is 39.3 Å². The molecule has 36 nitrogen and oxygen atoms in total. The zero-order valence-corrected chi connectivity index (χ0v) is 55.5. The number of carboxylic acids is 1. The number of carbonyl (C=O) groups excluding carboxylic acids is 14. The summed E-state index contributed by atoms with van der Waals surface area (Å²) in [5.74, 6) is -13.8. The van der Waals surface area contributed by atoms with Crippen molar-refractivity contribution in [3.05, 3.63) is 0 Å². The average molecular weight is 1350 g/mol. The first kappa shape index (κ1) is 82.3. The number of nitrogens with zero attached hydrogens (tertiary/aromatic N) is 1. The highest BCUT2D eigenvalue weighted by molar-refractivity contribution is 5.99. The first-order valence-corrected chi connectivity index (χ1v) is 32.3. The van der Waals surface area contributed by atoms with Crippen molar-refractivity contribution in [1.29, 1.82) is 5.41 Å². The summed E-state index contributed by atoms with van der Waals surface area (Å²) in [5, 5.41) is 50.5. The van der Waals surface area contributed by atoms with E-state index in [1.165, 1.54) is 25.7 Å². The molecule has 36 heteroatoms. The summed E-state index contributed by atoms with van der Waals surface area (Å²) >= 11 is 0. The highest BCUT2D eigenvalue weighted by Crippen LogP contribution is 2.22. The third-order valence-corrected chi connectivity index (χ3v) is 15.8. The summed E-state index contributed by atoms with van der Waals surface area (Å²) in [6, 6.07) is -14.8. The fourth-order valence-corrected chi connectivity index (χ4v) is 10.2. The zero-order valence-electron chi connectivity index (χ0n) is 55.5. The average Bonchev–Trinajstić information content (AvgIpc) is 1.78. The molecule has 2 rings (SSSR count). The maximum Gasteiger partial charge on any atom is 0.326 e. The molecule has 0 saturated carbocycles. The molecule has 0 aromatic carbocycles. The fraction of sp³-hybridized carbons (Fsp3) is 0.729. The molecule has 12 atom stereocenters. The maximum absolute atomic E-state index is 14.2. The van der Waals surface area contributed by atoms with E-state index in [0.29, 0.717) is 45.1 Å². The normalized spacial score (nSPS) is 17.4. The van der Waals surface area contributed by atoms with Gasteiger partial charge in [0.15, 0.2) is 5.96 Å². The van der Waals surface area contributed by atoms with Crippen molar-refractivity contribution < 1.29 is 77.0 Å². The molecule has 2 heterocycles. The number of carboxylic acid groups (broad SMARTS) is 1. The maximum atomic E-state index is 14.2. The fourth-order valence-electron chi connectivity index (χ4n) is 10.2. The van der Waals surface area contributed by atoms with Crippen molar-refractivity contribution in [1.82, 2.24) is 74.0 Å². The van der Waals surface area contributed by atoms with E-state index in [2.05, 4.69) is 69.1 Å². The van der Waals surface area contributed by atoms with Crippen LogP contribution in [-0.2, 0) is 71.9 Å². The Morgan fingerprint density at radius 1 is 0.484 bits per heavy atom. The van der Waals surface area contributed by atoms with Crippen molar-refractivity contribution in [2.45, 2.75) is 224 Å². The number of unbranched alkanes of at least 4 members (excludes halogenated alkanes) is 2. The van der Waals surface area contributed by atoms with Gasteiger partial charge in [-0.25, -0.2) is 4.79 Å². The minimum atomic E-state index is -1.49. The van der Waals surface area contributed by atoms with Crippen LogP contribution >= 0.6 is 0 Å². The number of nitrogens with one attached hydrogen (secondary N) is 14. The Morgan fingerprint density at radius 3 is 1.46 bits per heavy atom. The molecule has 2 fully saturated rings. The number of rotatable bonds is 44. The van der Waals surface area contributed by atoms with E-state index in [1.54, 1.807) is 27.7 Å². The van der Waals surface area contributed by atoms with Crippen molar-refractivity contribution in [2.24, 2.45) is 40.5 Å². The number of primary amides is 2. The van der Waals surface area contributed by atoms with Gasteiger partial charge in [-0.15, -0.1) is 0 Å². The third kappa shape index (κ3) is 30.0. The Bertz CT molecular complexity index is 2680. The monoisotopic (exact) mass is 1350 g/mol. The predicted octanol–water partition coefficient (Wildman–Crippen LogP) is -6.80. The van der Waals surface area contributed by atoms with Crippen LogP contribution in [0, 0.1) is 17.2 Å². The van der Waals surface area contributed by atoms with E-state index in [4.69, 9.17) is 34.1 Å². The van der Waals surface area contributed by atoms with Crippen LogP contribution in [0.3, 0.4) is 0 Å². The molecule has 95 heavy (non-hydrogen) atoms. The molecule has 0 spiro atoms. The van der Waals surface area contributed by atoms with Crippen LogP contribution in [-0.4, -0.2) is 216 Å². The molecule has 0 bridgehead atoms. The number of hydrogen-bond acceptors (Lipinski definition) is 19. The summed E-state index contributed by atoms with van der Waals surface area (Å²) in [6.07, 6.45) is 2.21. The van der Waals surface area contributed by atoms with E-state index in [-0.39, 0.29) is 102 Å². The van der Waals surface area contributed by atoms with Crippen LogP contribution < -0.4 is 97.8 Å². The lowest BCUT2D eigenvalue weighted by molar-refractivity contribution is -0.143. The van der Waals surface area contributed by atoms with Crippen LogP contribution in [0.2, 0.25) is 0 Å². The van der Waals surface area contributed by atoms with Gasteiger partial charge in [0.05, 0.1) is 12.6 Å². The van der Waals surface area contributed by atoms with E-state index in [9.17, 15) is 77.0 Å². The van der Waals surface area contributed by atoms with Crippen LogP contribution in [0.25, 0.3) is 0 Å². The van der Waals surface area contributed by atoms with E-state index in [0.717, 1.165) is 6.42 Å². The van der Waals surface area contributed by atoms with E-state index in [1.807, 2.05) is 0 Å². The minimum absolute atomic E-state index is 0.000797. The molecule has 25 N–H and O–H groups in total. The number of likely N-dealkylation sites (tertiary alicyclic amines) is 1. The lowest BCUT2D eigenvalue weighted by Crippen LogP contribution is -2.60. The van der Waals surface area contributed by atoms with Gasteiger partial charge in [0, 0.05) is 25.9 Å². The predicted molar refractivity (Wildman–Crippen MR) is 344 cm³/mol. The summed E-state index contributed by atoms with van der Waals surface area (Å²) in [6.45, 7) is 11.2. The second kappa shape index (κ2) is 42.5. The summed E-state index contributed by atoms with van der Waals surface area (Å²) in [7, 11) is 0. The van der Waals surface area contributed by atoms with Gasteiger partial charge in [0.1, 0.15) is 66.5 Å². The second-order valence-corrected chi connectivity index (χ2v) is 24.5. The number of aliphatic carboxylic acids is 1. The van der Waals surface area contributed by atoms with Gasteiger partial charge in [-0.05, 0) is 142 Å². The lowest BCUT2D eigenvalue weighted by atomic mass is 10.0. The molecule has 0 radical (unpaired) electrons. The number of hydrogen-bond donors (Lipinski definition) is 20.